The van der Waals surface area contributed by atoms with Crippen molar-refractivity contribution < 1.29 is 18.7 Å². The standard InChI is InChI=1S/C8H6ClF2NO2/c9-4-1-5(8(10)11)6(12-3-4)2-7(13)14/h1,3,8H,2H2,(H,13,14). The maximum Gasteiger partial charge on any atom is 0.309 e. The first-order valence-electron chi connectivity index (χ1n) is 3.65. The smallest absolute Gasteiger partial charge is 0.309 e. The van der Waals surface area contributed by atoms with Crippen molar-refractivity contribution in [3.63, 3.8) is 0 Å². The summed E-state index contributed by atoms with van der Waals surface area (Å²) in [5, 5.41) is 8.49. The predicted octanol–water partition coefficient (Wildman–Crippen LogP) is 2.30. The molecule has 0 amide bonds. The lowest BCUT2D eigenvalue weighted by Crippen LogP contribution is -2.06. The second kappa shape index (κ2) is 4.32. The molecule has 0 fully saturated rings. The number of alkyl halides is 2. The number of hydrogen-bond donors (Lipinski definition) is 1. The molecule has 0 unspecified atom stereocenters. The van der Waals surface area contributed by atoms with Gasteiger partial charge < -0.3 is 5.11 Å². The zero-order valence-electron chi connectivity index (χ0n) is 6.88. The van der Waals surface area contributed by atoms with Gasteiger partial charge in [-0.15, -0.1) is 0 Å². The number of carbonyl (C=O) groups is 1. The molecule has 1 aromatic rings. The SMILES string of the molecule is O=C(O)Cc1ncc(Cl)cc1C(F)F. The first-order chi connectivity index (χ1) is 6.50. The fourth-order valence-electron chi connectivity index (χ4n) is 0.963. The minimum absolute atomic E-state index is 0.0643. The zero-order valence-corrected chi connectivity index (χ0v) is 7.63. The molecule has 0 atom stereocenters. The van der Waals surface area contributed by atoms with Gasteiger partial charge in [0.15, 0.2) is 0 Å². The van der Waals surface area contributed by atoms with E-state index in [-0.39, 0.29) is 10.7 Å². The Labute approximate surface area is 83.3 Å². The van der Waals surface area contributed by atoms with Gasteiger partial charge in [-0.2, -0.15) is 0 Å². The highest BCUT2D eigenvalue weighted by atomic mass is 35.5. The van der Waals surface area contributed by atoms with E-state index >= 15 is 0 Å². The molecule has 6 heteroatoms. The van der Waals surface area contributed by atoms with Crippen molar-refractivity contribution in [1.82, 2.24) is 4.98 Å². The lowest BCUT2D eigenvalue weighted by molar-refractivity contribution is -0.136. The monoisotopic (exact) mass is 221 g/mol. The molecule has 0 saturated carbocycles. The number of nitrogens with zero attached hydrogens (tertiary/aromatic N) is 1. The molecule has 0 spiro atoms. The van der Waals surface area contributed by atoms with Crippen LogP contribution in [0.5, 0.6) is 0 Å². The number of pyridine rings is 1. The average molecular weight is 222 g/mol. The van der Waals surface area contributed by atoms with E-state index in [2.05, 4.69) is 4.98 Å². The quantitative estimate of drug-likeness (QED) is 0.852. The van der Waals surface area contributed by atoms with Gasteiger partial charge in [-0.05, 0) is 6.07 Å². The third-order valence-electron chi connectivity index (χ3n) is 1.52. The van der Waals surface area contributed by atoms with Gasteiger partial charge >= 0.3 is 5.97 Å². The van der Waals surface area contributed by atoms with Crippen molar-refractivity contribution in [2.75, 3.05) is 0 Å². The van der Waals surface area contributed by atoms with Gasteiger partial charge in [0, 0.05) is 11.8 Å². The molecule has 0 aliphatic heterocycles. The van der Waals surface area contributed by atoms with Crippen molar-refractivity contribution >= 4 is 17.6 Å². The molecular formula is C8H6ClF2NO2. The summed E-state index contributed by atoms with van der Waals surface area (Å²) in [4.78, 5) is 13.9. The molecule has 0 bridgehead atoms. The molecule has 0 aromatic carbocycles. The Morgan fingerprint density at radius 3 is 2.79 bits per heavy atom. The van der Waals surface area contributed by atoms with Crippen molar-refractivity contribution in [3.05, 3.63) is 28.5 Å². The third kappa shape index (κ3) is 2.63. The molecular weight excluding hydrogens is 216 g/mol. The van der Waals surface area contributed by atoms with Crippen LogP contribution >= 0.6 is 11.6 Å². The highest BCUT2D eigenvalue weighted by Crippen LogP contribution is 2.24. The number of carboxylic acid groups (broad SMARTS) is 1. The van der Waals surface area contributed by atoms with Gasteiger partial charge in [0.05, 0.1) is 17.1 Å². The Balaban J connectivity index is 3.08. The van der Waals surface area contributed by atoms with Gasteiger partial charge in [-0.25, -0.2) is 8.78 Å². The molecule has 0 aliphatic rings. The third-order valence-corrected chi connectivity index (χ3v) is 1.73. The number of hydrogen-bond acceptors (Lipinski definition) is 2. The summed E-state index contributed by atoms with van der Waals surface area (Å²) in [6.07, 6.45) is -2.15. The summed E-state index contributed by atoms with van der Waals surface area (Å²) in [7, 11) is 0. The van der Waals surface area contributed by atoms with Crippen LogP contribution in [0, 0.1) is 0 Å². The van der Waals surface area contributed by atoms with E-state index in [1.54, 1.807) is 0 Å². The molecule has 1 N–H and O–H groups in total. The average Bonchev–Trinajstić information content (AvgIpc) is 2.07. The first-order valence-corrected chi connectivity index (χ1v) is 4.02. The van der Waals surface area contributed by atoms with E-state index in [4.69, 9.17) is 16.7 Å². The molecule has 1 aromatic heterocycles. The number of aliphatic carboxylic acids is 1. The number of rotatable bonds is 3. The number of aromatic nitrogens is 1. The van der Waals surface area contributed by atoms with Gasteiger partial charge in [0.25, 0.3) is 6.43 Å². The van der Waals surface area contributed by atoms with E-state index in [1.165, 1.54) is 0 Å². The van der Waals surface area contributed by atoms with Crippen LogP contribution in [-0.4, -0.2) is 16.1 Å². The predicted molar refractivity (Wildman–Crippen MR) is 45.5 cm³/mol. The summed E-state index contributed by atoms with van der Waals surface area (Å²) >= 11 is 5.45. The van der Waals surface area contributed by atoms with Crippen molar-refractivity contribution in [1.29, 1.82) is 0 Å². The normalized spacial score (nSPS) is 10.6. The van der Waals surface area contributed by atoms with Gasteiger partial charge in [-0.3, -0.25) is 9.78 Å². The fourth-order valence-corrected chi connectivity index (χ4v) is 1.13. The van der Waals surface area contributed by atoms with E-state index in [0.29, 0.717) is 0 Å². The number of halogens is 3. The van der Waals surface area contributed by atoms with Crippen LogP contribution in [0.2, 0.25) is 5.02 Å². The molecule has 76 valence electrons. The van der Waals surface area contributed by atoms with Crippen LogP contribution in [0.3, 0.4) is 0 Å². The van der Waals surface area contributed by atoms with E-state index in [9.17, 15) is 13.6 Å². The summed E-state index contributed by atoms with van der Waals surface area (Å²) in [6, 6.07) is 1.03. The van der Waals surface area contributed by atoms with Crippen LogP contribution in [0.4, 0.5) is 8.78 Å². The lowest BCUT2D eigenvalue weighted by atomic mass is 10.1. The van der Waals surface area contributed by atoms with Crippen LogP contribution in [0.15, 0.2) is 12.3 Å². The van der Waals surface area contributed by atoms with Gasteiger partial charge in [0.1, 0.15) is 0 Å². The largest absolute Gasteiger partial charge is 0.481 e. The maximum atomic E-state index is 12.4. The van der Waals surface area contributed by atoms with E-state index in [1.807, 2.05) is 0 Å². The maximum absolute atomic E-state index is 12.4. The summed E-state index contributed by atoms with van der Waals surface area (Å²) in [5.74, 6) is -1.21. The van der Waals surface area contributed by atoms with Crippen LogP contribution < -0.4 is 0 Å². The van der Waals surface area contributed by atoms with Crippen molar-refractivity contribution in [3.8, 4) is 0 Å². The Morgan fingerprint density at radius 2 is 2.29 bits per heavy atom. The van der Waals surface area contributed by atoms with Crippen molar-refractivity contribution in [2.45, 2.75) is 12.8 Å². The Kier molecular flexibility index (Phi) is 3.35. The topological polar surface area (TPSA) is 50.2 Å². The van der Waals surface area contributed by atoms with Crippen LogP contribution in [0.1, 0.15) is 17.7 Å². The molecule has 0 aliphatic carbocycles. The highest BCUT2D eigenvalue weighted by molar-refractivity contribution is 6.30. The lowest BCUT2D eigenvalue weighted by Gasteiger charge is -2.05. The second-order valence-electron chi connectivity index (χ2n) is 2.56. The summed E-state index contributed by atoms with van der Waals surface area (Å²) in [5.41, 5.74) is -0.586. The Morgan fingerprint density at radius 1 is 1.64 bits per heavy atom. The fraction of sp³-hybridized carbons (Fsp3) is 0.250. The zero-order chi connectivity index (χ0) is 10.7. The minimum Gasteiger partial charge on any atom is -0.481 e. The first kappa shape index (κ1) is 10.8. The van der Waals surface area contributed by atoms with Crippen LogP contribution in [0.25, 0.3) is 0 Å². The van der Waals surface area contributed by atoms with E-state index < -0.39 is 24.4 Å². The van der Waals surface area contributed by atoms with Crippen molar-refractivity contribution in [2.24, 2.45) is 0 Å². The summed E-state index contributed by atoms with van der Waals surface area (Å²) < 4.78 is 24.7. The molecule has 1 rings (SSSR count). The Bertz CT molecular complexity index is 357. The van der Waals surface area contributed by atoms with Crippen LogP contribution in [-0.2, 0) is 11.2 Å². The Hall–Kier alpha value is -1.23. The minimum atomic E-state index is -2.77. The molecule has 3 nitrogen and oxygen atoms in total. The second-order valence-corrected chi connectivity index (χ2v) is 3.00. The van der Waals surface area contributed by atoms with Gasteiger partial charge in [0.2, 0.25) is 0 Å². The highest BCUT2D eigenvalue weighted by Gasteiger charge is 2.16. The molecule has 1 heterocycles. The number of carboxylic acids is 1. The molecule has 0 saturated heterocycles. The summed E-state index contributed by atoms with van der Waals surface area (Å²) in [6.45, 7) is 0. The van der Waals surface area contributed by atoms with E-state index in [0.717, 1.165) is 12.3 Å². The van der Waals surface area contributed by atoms with Gasteiger partial charge in [-0.1, -0.05) is 11.6 Å². The molecule has 0 radical (unpaired) electrons. The molecule has 14 heavy (non-hydrogen) atoms.